The molecule has 5 nitrogen and oxygen atoms in total. The van der Waals surface area contributed by atoms with E-state index in [1.165, 1.54) is 12.1 Å². The van der Waals surface area contributed by atoms with Crippen LogP contribution in [0.5, 0.6) is 0 Å². The summed E-state index contributed by atoms with van der Waals surface area (Å²) in [5, 5.41) is 7.72. The molecule has 0 aromatic heterocycles. The lowest BCUT2D eigenvalue weighted by molar-refractivity contribution is 0.496. The first-order valence-corrected chi connectivity index (χ1v) is 5.98. The average molecular weight is 238 g/mol. The highest BCUT2D eigenvalue weighted by Gasteiger charge is 2.27. The minimum atomic E-state index is -4.31. The maximum absolute atomic E-state index is 11.2. The van der Waals surface area contributed by atoms with Gasteiger partial charge in [-0.15, -0.1) is 0 Å². The molecule has 1 unspecified atom stereocenters. The number of rotatable bonds is 1. The molecular weight excluding hydrogens is 228 g/mol. The maximum Gasteiger partial charge on any atom is 0.294 e. The maximum atomic E-state index is 11.2. The molecular formula is C10H10N2O3S. The van der Waals surface area contributed by atoms with E-state index in [9.17, 15) is 8.42 Å². The predicted octanol–water partition coefficient (Wildman–Crippen LogP) is 0.624. The average Bonchev–Trinajstić information content (AvgIpc) is 2.22. The molecule has 1 aromatic carbocycles. The second kappa shape index (κ2) is 3.51. The van der Waals surface area contributed by atoms with E-state index in [4.69, 9.17) is 15.7 Å². The first-order chi connectivity index (χ1) is 7.41. The van der Waals surface area contributed by atoms with Crippen LogP contribution < -0.4 is 5.73 Å². The van der Waals surface area contributed by atoms with Gasteiger partial charge in [-0.2, -0.15) is 8.42 Å². The molecule has 0 fully saturated rings. The molecule has 2 rings (SSSR count). The smallest absolute Gasteiger partial charge is 0.294 e. The molecule has 0 spiro atoms. The van der Waals surface area contributed by atoms with Crippen LogP contribution in [0.2, 0.25) is 0 Å². The van der Waals surface area contributed by atoms with Crippen molar-refractivity contribution in [3.05, 3.63) is 41.5 Å². The summed E-state index contributed by atoms with van der Waals surface area (Å²) in [5.74, 6) is 0. The molecule has 0 amide bonds. The van der Waals surface area contributed by atoms with Crippen LogP contribution in [0.4, 0.5) is 0 Å². The molecule has 0 radical (unpaired) electrons. The van der Waals surface area contributed by atoms with Crippen molar-refractivity contribution in [2.45, 2.75) is 6.04 Å². The van der Waals surface area contributed by atoms with Gasteiger partial charge in [-0.05, 0) is 6.08 Å². The van der Waals surface area contributed by atoms with E-state index in [2.05, 4.69) is 0 Å². The SMILES string of the molecule is N=C1c2ccccc2C(S(=O)(=O)O)=CC1N. The topological polar surface area (TPSA) is 104 Å². The van der Waals surface area contributed by atoms with Crippen molar-refractivity contribution >= 4 is 20.7 Å². The summed E-state index contributed by atoms with van der Waals surface area (Å²) < 4.78 is 31.4. The molecule has 84 valence electrons. The summed E-state index contributed by atoms with van der Waals surface area (Å²) in [7, 11) is -4.31. The molecule has 0 heterocycles. The number of benzene rings is 1. The van der Waals surface area contributed by atoms with Crippen molar-refractivity contribution in [1.82, 2.24) is 0 Å². The van der Waals surface area contributed by atoms with E-state index in [-0.39, 0.29) is 10.6 Å². The van der Waals surface area contributed by atoms with Gasteiger partial charge in [0.2, 0.25) is 0 Å². The third-order valence-electron chi connectivity index (χ3n) is 2.42. The molecule has 4 N–H and O–H groups in total. The van der Waals surface area contributed by atoms with Crippen LogP contribution in [0.3, 0.4) is 0 Å². The van der Waals surface area contributed by atoms with Gasteiger partial charge in [0.15, 0.2) is 0 Å². The molecule has 1 aliphatic carbocycles. The third-order valence-corrected chi connectivity index (χ3v) is 3.34. The van der Waals surface area contributed by atoms with Crippen molar-refractivity contribution in [3.63, 3.8) is 0 Å². The van der Waals surface area contributed by atoms with Crippen LogP contribution in [0.15, 0.2) is 30.3 Å². The predicted molar refractivity (Wildman–Crippen MR) is 60.8 cm³/mol. The highest BCUT2D eigenvalue weighted by molar-refractivity contribution is 7.95. The van der Waals surface area contributed by atoms with E-state index in [0.29, 0.717) is 11.1 Å². The molecule has 16 heavy (non-hydrogen) atoms. The van der Waals surface area contributed by atoms with Crippen LogP contribution >= 0.6 is 0 Å². The molecule has 6 heteroatoms. The lowest BCUT2D eigenvalue weighted by Crippen LogP contribution is -2.33. The van der Waals surface area contributed by atoms with Crippen LogP contribution in [0, 0.1) is 5.41 Å². The van der Waals surface area contributed by atoms with Gasteiger partial charge >= 0.3 is 0 Å². The number of fused-ring (bicyclic) bond motifs is 1. The van der Waals surface area contributed by atoms with Crippen molar-refractivity contribution in [2.75, 3.05) is 0 Å². The van der Waals surface area contributed by atoms with Crippen LogP contribution in [-0.2, 0) is 10.1 Å². The van der Waals surface area contributed by atoms with Gasteiger partial charge in [-0.1, -0.05) is 24.3 Å². The van der Waals surface area contributed by atoms with Crippen LogP contribution in [0.25, 0.3) is 4.91 Å². The Labute approximate surface area is 92.8 Å². The Bertz CT molecular complexity index is 590. The second-order valence-corrected chi connectivity index (χ2v) is 4.88. The van der Waals surface area contributed by atoms with Gasteiger partial charge in [0.1, 0.15) is 0 Å². The summed E-state index contributed by atoms with van der Waals surface area (Å²) in [4.78, 5) is -0.230. The number of nitrogens with one attached hydrogen (secondary N) is 1. The Hall–Kier alpha value is -1.50. The molecule has 1 aliphatic rings. The van der Waals surface area contributed by atoms with E-state index in [1.807, 2.05) is 0 Å². The highest BCUT2D eigenvalue weighted by atomic mass is 32.2. The van der Waals surface area contributed by atoms with E-state index < -0.39 is 16.2 Å². The summed E-state index contributed by atoms with van der Waals surface area (Å²) in [6.45, 7) is 0. The second-order valence-electron chi connectivity index (χ2n) is 3.49. The fraction of sp³-hybridized carbons (Fsp3) is 0.100. The first-order valence-electron chi connectivity index (χ1n) is 4.54. The zero-order valence-electron chi connectivity index (χ0n) is 8.21. The van der Waals surface area contributed by atoms with Crippen molar-refractivity contribution in [3.8, 4) is 0 Å². The minimum absolute atomic E-state index is 0.142. The minimum Gasteiger partial charge on any atom is -0.319 e. The third kappa shape index (κ3) is 1.67. The normalized spacial score (nSPS) is 20.2. The van der Waals surface area contributed by atoms with Crippen LogP contribution in [-0.4, -0.2) is 24.7 Å². The van der Waals surface area contributed by atoms with Gasteiger partial charge in [0.05, 0.1) is 16.7 Å². The number of hydrogen-bond donors (Lipinski definition) is 3. The zero-order valence-corrected chi connectivity index (χ0v) is 9.03. The lowest BCUT2D eigenvalue weighted by Gasteiger charge is -2.20. The zero-order chi connectivity index (χ0) is 11.9. The fourth-order valence-electron chi connectivity index (χ4n) is 1.67. The Morgan fingerprint density at radius 2 is 1.81 bits per heavy atom. The van der Waals surface area contributed by atoms with Gasteiger partial charge in [0, 0.05) is 11.1 Å². The van der Waals surface area contributed by atoms with Gasteiger partial charge < -0.3 is 11.1 Å². The van der Waals surface area contributed by atoms with Crippen molar-refractivity contribution in [2.24, 2.45) is 5.73 Å². The molecule has 0 saturated heterocycles. The molecule has 1 atom stereocenters. The van der Waals surface area contributed by atoms with Gasteiger partial charge in [-0.3, -0.25) is 4.55 Å². The summed E-state index contributed by atoms with van der Waals surface area (Å²) in [6.07, 6.45) is 1.18. The standard InChI is InChI=1S/C10H10N2O3S/c11-8-5-9(16(13,14)15)6-3-1-2-4-7(6)10(8)12/h1-5,8,12H,11H2,(H,13,14,15). The van der Waals surface area contributed by atoms with E-state index >= 15 is 0 Å². The summed E-state index contributed by atoms with van der Waals surface area (Å²) in [5.41, 5.74) is 6.50. The quantitative estimate of drug-likeness (QED) is 0.624. The monoisotopic (exact) mass is 238 g/mol. The van der Waals surface area contributed by atoms with Crippen molar-refractivity contribution in [1.29, 1.82) is 5.41 Å². The Morgan fingerprint density at radius 3 is 2.38 bits per heavy atom. The molecule has 0 aliphatic heterocycles. The molecule has 0 bridgehead atoms. The first kappa shape index (κ1) is 11.0. The van der Waals surface area contributed by atoms with Crippen molar-refractivity contribution < 1.29 is 13.0 Å². The highest BCUT2D eigenvalue weighted by Crippen LogP contribution is 2.29. The van der Waals surface area contributed by atoms with E-state index in [0.717, 1.165) is 0 Å². The van der Waals surface area contributed by atoms with Crippen LogP contribution in [0.1, 0.15) is 11.1 Å². The largest absolute Gasteiger partial charge is 0.319 e. The number of hydrogen-bond acceptors (Lipinski definition) is 4. The number of nitrogens with two attached hydrogens (primary N) is 1. The van der Waals surface area contributed by atoms with Gasteiger partial charge in [0.25, 0.3) is 10.1 Å². The Morgan fingerprint density at radius 1 is 1.25 bits per heavy atom. The fourth-order valence-corrected chi connectivity index (χ4v) is 2.45. The molecule has 0 saturated carbocycles. The molecule has 1 aromatic rings. The summed E-state index contributed by atoms with van der Waals surface area (Å²) >= 11 is 0. The van der Waals surface area contributed by atoms with E-state index in [1.54, 1.807) is 18.2 Å². The summed E-state index contributed by atoms with van der Waals surface area (Å²) in [6, 6.07) is 5.66. The Balaban J connectivity index is 2.74. The lowest BCUT2D eigenvalue weighted by atomic mass is 9.92. The Kier molecular flexibility index (Phi) is 2.42. The van der Waals surface area contributed by atoms with Gasteiger partial charge in [-0.25, -0.2) is 0 Å².